The van der Waals surface area contributed by atoms with E-state index in [9.17, 15) is 33.6 Å². The minimum atomic E-state index is -1.10. The number of ether oxygens (including phenoxy) is 2. The van der Waals surface area contributed by atoms with Crippen LogP contribution >= 0.6 is 0 Å². The molecular weight excluding hydrogens is 694 g/mol. The molecule has 5 amide bonds. The first kappa shape index (κ1) is 42.9. The predicted molar refractivity (Wildman–Crippen MR) is 200 cm³/mol. The number of ketones is 1. The molecule has 0 aromatic heterocycles. The first-order chi connectivity index (χ1) is 25.9. The highest BCUT2D eigenvalue weighted by atomic mass is 16.6. The second-order valence-electron chi connectivity index (χ2n) is 13.4. The molecule has 0 spiro atoms. The number of nitrogens with zero attached hydrogens (tertiary/aromatic N) is 1. The monoisotopic (exact) mass is 747 g/mol. The van der Waals surface area contributed by atoms with Gasteiger partial charge in [0.05, 0.1) is 6.04 Å². The fraction of sp³-hybridized carbons (Fsp3) is 0.475. The summed E-state index contributed by atoms with van der Waals surface area (Å²) in [5, 5.41) is 10.5. The Morgan fingerprint density at radius 2 is 1.48 bits per heavy atom. The lowest BCUT2D eigenvalue weighted by atomic mass is 10.0. The molecule has 3 rings (SSSR count). The Kier molecular flexibility index (Phi) is 17.9. The lowest BCUT2D eigenvalue weighted by molar-refractivity contribution is -0.147. The van der Waals surface area contributed by atoms with Gasteiger partial charge in [-0.3, -0.25) is 24.0 Å². The molecule has 0 saturated carbocycles. The summed E-state index contributed by atoms with van der Waals surface area (Å²) in [6.07, 6.45) is 2.44. The van der Waals surface area contributed by atoms with Crippen LogP contribution in [0.15, 0.2) is 73.3 Å². The van der Waals surface area contributed by atoms with Crippen LogP contribution in [-0.4, -0.2) is 83.6 Å². The molecule has 0 bridgehead atoms. The van der Waals surface area contributed by atoms with Gasteiger partial charge >= 0.3 is 12.1 Å². The van der Waals surface area contributed by atoms with Gasteiger partial charge in [-0.1, -0.05) is 93.9 Å². The third kappa shape index (κ3) is 13.8. The van der Waals surface area contributed by atoms with Crippen molar-refractivity contribution in [1.29, 1.82) is 0 Å². The summed E-state index contributed by atoms with van der Waals surface area (Å²) < 4.78 is 10.8. The van der Waals surface area contributed by atoms with Gasteiger partial charge in [0.1, 0.15) is 31.3 Å². The van der Waals surface area contributed by atoms with Crippen molar-refractivity contribution in [3.05, 3.63) is 84.4 Å². The number of rotatable bonds is 21. The molecule has 292 valence electrons. The van der Waals surface area contributed by atoms with Gasteiger partial charge in [-0.05, 0) is 49.1 Å². The lowest BCUT2D eigenvalue weighted by Crippen LogP contribution is -2.57. The van der Waals surface area contributed by atoms with Gasteiger partial charge in [0.25, 0.3) is 5.91 Å². The van der Waals surface area contributed by atoms with Gasteiger partial charge in [0.15, 0.2) is 0 Å². The van der Waals surface area contributed by atoms with Crippen LogP contribution in [0.4, 0.5) is 4.79 Å². The van der Waals surface area contributed by atoms with Crippen LogP contribution in [0.25, 0.3) is 0 Å². The van der Waals surface area contributed by atoms with E-state index in [1.165, 1.54) is 11.0 Å². The zero-order valence-electron chi connectivity index (χ0n) is 31.3. The average Bonchev–Trinajstić information content (AvgIpc) is 3.67. The Morgan fingerprint density at radius 3 is 2.07 bits per heavy atom. The number of hydrogen-bond acceptors (Lipinski definition) is 9. The average molecular weight is 748 g/mol. The number of Topliss-reactive ketones (excluding diaryl/α,β-unsaturated/α-hetero) is 1. The van der Waals surface area contributed by atoms with Crippen molar-refractivity contribution in [3.8, 4) is 0 Å². The molecule has 2 aromatic rings. The Labute approximate surface area is 316 Å². The summed E-state index contributed by atoms with van der Waals surface area (Å²) in [4.78, 5) is 92.7. The van der Waals surface area contributed by atoms with Crippen LogP contribution in [0, 0.1) is 5.92 Å². The number of benzene rings is 2. The maximum absolute atomic E-state index is 13.8. The van der Waals surface area contributed by atoms with Gasteiger partial charge in [0.2, 0.25) is 23.5 Å². The first-order valence-corrected chi connectivity index (χ1v) is 18.5. The van der Waals surface area contributed by atoms with E-state index >= 15 is 0 Å². The molecule has 1 heterocycles. The molecule has 4 unspecified atom stereocenters. The number of alkyl carbamates (subject to hydrolysis) is 1. The van der Waals surface area contributed by atoms with E-state index in [0.29, 0.717) is 19.3 Å². The molecule has 1 aliphatic rings. The number of amides is 5. The molecule has 1 aliphatic heterocycles. The summed E-state index contributed by atoms with van der Waals surface area (Å²) in [6.45, 7) is 9.26. The van der Waals surface area contributed by atoms with Crippen molar-refractivity contribution in [2.45, 2.75) is 103 Å². The molecule has 0 aliphatic carbocycles. The normalized spacial score (nSPS) is 15.3. The fourth-order valence-electron chi connectivity index (χ4n) is 5.93. The summed E-state index contributed by atoms with van der Waals surface area (Å²) in [6, 6.07) is 14.1. The molecule has 54 heavy (non-hydrogen) atoms. The first-order valence-electron chi connectivity index (χ1n) is 18.5. The third-order valence-corrected chi connectivity index (χ3v) is 8.84. The highest BCUT2D eigenvalue weighted by Gasteiger charge is 2.40. The van der Waals surface area contributed by atoms with E-state index in [1.54, 1.807) is 38.1 Å². The van der Waals surface area contributed by atoms with Crippen molar-refractivity contribution >= 4 is 41.5 Å². The van der Waals surface area contributed by atoms with Gasteiger partial charge in [0, 0.05) is 19.5 Å². The van der Waals surface area contributed by atoms with Gasteiger partial charge in [-0.2, -0.15) is 0 Å². The largest absolute Gasteiger partial charge is 0.459 e. The van der Waals surface area contributed by atoms with Gasteiger partial charge in [-0.15, -0.1) is 6.58 Å². The number of nitrogens with one attached hydrogen (secondary N) is 4. The van der Waals surface area contributed by atoms with Crippen molar-refractivity contribution in [2.24, 2.45) is 5.92 Å². The molecule has 4 atom stereocenters. The van der Waals surface area contributed by atoms with E-state index in [1.807, 2.05) is 43.3 Å². The van der Waals surface area contributed by atoms with Gasteiger partial charge < -0.3 is 35.6 Å². The van der Waals surface area contributed by atoms with Crippen LogP contribution in [-0.2, 0) is 51.5 Å². The van der Waals surface area contributed by atoms with Gasteiger partial charge in [-0.25, -0.2) is 9.59 Å². The highest BCUT2D eigenvalue weighted by molar-refractivity contribution is 6.38. The molecule has 1 saturated heterocycles. The van der Waals surface area contributed by atoms with Crippen LogP contribution in [0.3, 0.4) is 0 Å². The lowest BCUT2D eigenvalue weighted by Gasteiger charge is -2.31. The van der Waals surface area contributed by atoms with E-state index in [0.717, 1.165) is 11.1 Å². The Bertz CT molecular complexity index is 1580. The number of likely N-dealkylation sites (tertiary alicyclic amines) is 1. The Hall–Kier alpha value is -5.53. The number of hydrogen-bond donors (Lipinski definition) is 4. The molecule has 1 fully saturated rings. The number of carbonyl (C=O) groups excluding carboxylic acids is 7. The molecule has 14 nitrogen and oxygen atoms in total. The highest BCUT2D eigenvalue weighted by Crippen LogP contribution is 2.21. The standard InChI is InChI=1S/C40H53N5O9/c1-5-15-30(35(47)37(49)41-23-6-2)42-36(48)32-21-14-24-45(32)38(50)34(27(3)4)44-33(46)22-13-20-31(39(51)53-25-28-16-9-7-10-17-28)43-40(52)54-26-29-18-11-8-12-19-29/h6-12,16-19,27,30-32,34H,2,5,13-15,20-26H2,1,3-4H3,(H,41,49)(H,42,48)(H,43,52)(H,44,46). The van der Waals surface area contributed by atoms with E-state index in [-0.39, 0.29) is 57.9 Å². The molecule has 14 heteroatoms. The molecular formula is C40H53N5O9. The van der Waals surface area contributed by atoms with Crippen LogP contribution < -0.4 is 21.3 Å². The quantitative estimate of drug-likeness (QED) is 0.0842. The van der Waals surface area contributed by atoms with E-state index < -0.39 is 65.6 Å². The number of esters is 1. The van der Waals surface area contributed by atoms with Crippen LogP contribution in [0.2, 0.25) is 0 Å². The zero-order valence-corrected chi connectivity index (χ0v) is 31.3. The molecule has 0 radical (unpaired) electrons. The SMILES string of the molecule is C=CCNC(=O)C(=O)C(CCC)NC(=O)C1CCCN1C(=O)C(NC(=O)CCCC(NC(=O)OCc1ccccc1)C(=O)OCc1ccccc1)C(C)C. The van der Waals surface area contributed by atoms with E-state index in [4.69, 9.17) is 9.47 Å². The van der Waals surface area contributed by atoms with Crippen molar-refractivity contribution in [2.75, 3.05) is 13.1 Å². The maximum atomic E-state index is 13.8. The summed E-state index contributed by atoms with van der Waals surface area (Å²) in [7, 11) is 0. The summed E-state index contributed by atoms with van der Waals surface area (Å²) in [5.74, 6) is -4.07. The summed E-state index contributed by atoms with van der Waals surface area (Å²) >= 11 is 0. The smallest absolute Gasteiger partial charge is 0.408 e. The predicted octanol–water partition coefficient (Wildman–Crippen LogP) is 3.48. The van der Waals surface area contributed by atoms with Crippen molar-refractivity contribution in [3.63, 3.8) is 0 Å². The van der Waals surface area contributed by atoms with E-state index in [2.05, 4.69) is 27.8 Å². The molecule has 4 N–H and O–H groups in total. The third-order valence-electron chi connectivity index (χ3n) is 8.84. The molecule has 2 aromatic carbocycles. The Balaban J connectivity index is 1.60. The number of carbonyl (C=O) groups is 7. The minimum Gasteiger partial charge on any atom is -0.459 e. The Morgan fingerprint density at radius 1 is 0.852 bits per heavy atom. The fourth-order valence-corrected chi connectivity index (χ4v) is 5.93. The van der Waals surface area contributed by atoms with Crippen molar-refractivity contribution < 1.29 is 43.0 Å². The summed E-state index contributed by atoms with van der Waals surface area (Å²) in [5.41, 5.74) is 1.53. The second kappa shape index (κ2) is 22.5. The minimum absolute atomic E-state index is 0.00425. The van der Waals surface area contributed by atoms with Crippen LogP contribution in [0.5, 0.6) is 0 Å². The van der Waals surface area contributed by atoms with Crippen LogP contribution in [0.1, 0.15) is 76.8 Å². The zero-order chi connectivity index (χ0) is 39.5. The maximum Gasteiger partial charge on any atom is 0.408 e. The second-order valence-corrected chi connectivity index (χ2v) is 13.4. The van der Waals surface area contributed by atoms with Crippen molar-refractivity contribution in [1.82, 2.24) is 26.2 Å². The topological polar surface area (TPSA) is 189 Å².